The van der Waals surface area contributed by atoms with Gasteiger partial charge in [0, 0.05) is 37.0 Å². The zero-order chi connectivity index (χ0) is 17.6. The molecule has 3 aromatic rings. The molecule has 1 N–H and O–H groups in total. The Labute approximate surface area is 148 Å². The Bertz CT molecular complexity index is 792. The summed E-state index contributed by atoms with van der Waals surface area (Å²) in [5, 5.41) is 13.8. The fourth-order valence-electron chi connectivity index (χ4n) is 3.04. The van der Waals surface area contributed by atoms with Crippen LogP contribution in [-0.4, -0.2) is 32.9 Å². The van der Waals surface area contributed by atoms with Gasteiger partial charge in [0.2, 0.25) is 0 Å². The number of aromatic nitrogens is 2. The SMILES string of the molecule is Cc1cc(CN(CCO)Cc2cnn(Cc3ccccc3)c2)c(C)o1. The third-order valence-corrected chi connectivity index (χ3v) is 4.23. The number of aliphatic hydroxyl groups is 1. The molecular formula is C20H25N3O2. The summed E-state index contributed by atoms with van der Waals surface area (Å²) in [7, 11) is 0. The number of furan rings is 1. The summed E-state index contributed by atoms with van der Waals surface area (Å²) >= 11 is 0. The molecule has 0 saturated carbocycles. The van der Waals surface area contributed by atoms with Gasteiger partial charge in [0.15, 0.2) is 0 Å². The molecule has 0 spiro atoms. The van der Waals surface area contributed by atoms with Crippen LogP contribution in [-0.2, 0) is 19.6 Å². The Kier molecular flexibility index (Phi) is 5.68. The predicted molar refractivity (Wildman–Crippen MR) is 97.2 cm³/mol. The molecule has 0 radical (unpaired) electrons. The Hall–Kier alpha value is -2.37. The van der Waals surface area contributed by atoms with Crippen LogP contribution < -0.4 is 0 Å². The highest BCUT2D eigenvalue weighted by atomic mass is 16.3. The lowest BCUT2D eigenvalue weighted by Crippen LogP contribution is -2.26. The van der Waals surface area contributed by atoms with Crippen molar-refractivity contribution in [2.75, 3.05) is 13.2 Å². The largest absolute Gasteiger partial charge is 0.466 e. The van der Waals surface area contributed by atoms with Crippen LogP contribution in [0.1, 0.15) is 28.2 Å². The van der Waals surface area contributed by atoms with Crippen LogP contribution in [0.3, 0.4) is 0 Å². The van der Waals surface area contributed by atoms with E-state index in [0.717, 1.165) is 36.7 Å². The van der Waals surface area contributed by atoms with Gasteiger partial charge in [-0.25, -0.2) is 0 Å². The van der Waals surface area contributed by atoms with Crippen molar-refractivity contribution in [1.29, 1.82) is 0 Å². The second-order valence-electron chi connectivity index (χ2n) is 6.40. The van der Waals surface area contributed by atoms with Gasteiger partial charge in [0.25, 0.3) is 0 Å². The molecular weight excluding hydrogens is 314 g/mol. The molecule has 3 rings (SSSR count). The molecule has 5 heteroatoms. The second kappa shape index (κ2) is 8.14. The average molecular weight is 339 g/mol. The summed E-state index contributed by atoms with van der Waals surface area (Å²) in [6, 6.07) is 12.4. The van der Waals surface area contributed by atoms with Gasteiger partial charge in [0.05, 0.1) is 19.3 Å². The van der Waals surface area contributed by atoms with Gasteiger partial charge in [0.1, 0.15) is 11.5 Å². The van der Waals surface area contributed by atoms with Gasteiger partial charge < -0.3 is 9.52 Å². The van der Waals surface area contributed by atoms with Crippen molar-refractivity contribution < 1.29 is 9.52 Å². The van der Waals surface area contributed by atoms with Crippen molar-refractivity contribution in [3.63, 3.8) is 0 Å². The van der Waals surface area contributed by atoms with Crippen LogP contribution in [0.2, 0.25) is 0 Å². The number of benzene rings is 1. The molecule has 0 amide bonds. The molecule has 132 valence electrons. The van der Waals surface area contributed by atoms with E-state index in [4.69, 9.17) is 4.42 Å². The van der Waals surface area contributed by atoms with E-state index in [2.05, 4.69) is 34.4 Å². The highest BCUT2D eigenvalue weighted by Gasteiger charge is 2.12. The van der Waals surface area contributed by atoms with Crippen LogP contribution in [0.25, 0.3) is 0 Å². The van der Waals surface area contributed by atoms with Crippen LogP contribution in [0, 0.1) is 13.8 Å². The number of aryl methyl sites for hydroxylation is 2. The van der Waals surface area contributed by atoms with Crippen molar-refractivity contribution in [2.45, 2.75) is 33.5 Å². The summed E-state index contributed by atoms with van der Waals surface area (Å²) in [6.45, 7) is 6.97. The third kappa shape index (κ3) is 4.81. The van der Waals surface area contributed by atoms with Crippen LogP contribution in [0.5, 0.6) is 0 Å². The summed E-state index contributed by atoms with van der Waals surface area (Å²) in [6.07, 6.45) is 3.98. The smallest absolute Gasteiger partial charge is 0.105 e. The zero-order valence-electron chi connectivity index (χ0n) is 14.9. The summed E-state index contributed by atoms with van der Waals surface area (Å²) in [5.74, 6) is 1.87. The van der Waals surface area contributed by atoms with E-state index in [0.29, 0.717) is 6.54 Å². The van der Waals surface area contributed by atoms with Gasteiger partial charge in [-0.2, -0.15) is 5.10 Å². The Morgan fingerprint density at radius 3 is 2.60 bits per heavy atom. The molecule has 0 unspecified atom stereocenters. The molecule has 5 nitrogen and oxygen atoms in total. The molecule has 0 saturated heterocycles. The monoisotopic (exact) mass is 339 g/mol. The minimum absolute atomic E-state index is 0.133. The first-order valence-electron chi connectivity index (χ1n) is 8.58. The standard InChI is InChI=1S/C20H25N3O2/c1-16-10-20(17(2)25-16)15-22(8-9-24)12-19-11-21-23(14-19)13-18-6-4-3-5-7-18/h3-7,10-11,14,24H,8-9,12-13,15H2,1-2H3. The van der Waals surface area contributed by atoms with Crippen LogP contribution >= 0.6 is 0 Å². The van der Waals surface area contributed by atoms with E-state index >= 15 is 0 Å². The molecule has 1 aromatic carbocycles. The molecule has 0 fully saturated rings. The lowest BCUT2D eigenvalue weighted by molar-refractivity contribution is 0.183. The lowest BCUT2D eigenvalue weighted by atomic mass is 10.2. The molecule has 0 aliphatic rings. The molecule has 2 heterocycles. The summed E-state index contributed by atoms with van der Waals surface area (Å²) in [5.41, 5.74) is 3.54. The number of aliphatic hydroxyl groups excluding tert-OH is 1. The molecule has 25 heavy (non-hydrogen) atoms. The number of rotatable bonds is 8. The average Bonchev–Trinajstić information content (AvgIpc) is 3.15. The first-order chi connectivity index (χ1) is 12.1. The predicted octanol–water partition coefficient (Wildman–Crippen LogP) is 3.14. The maximum Gasteiger partial charge on any atom is 0.105 e. The second-order valence-corrected chi connectivity index (χ2v) is 6.40. The van der Waals surface area contributed by atoms with E-state index < -0.39 is 0 Å². The first-order valence-corrected chi connectivity index (χ1v) is 8.58. The van der Waals surface area contributed by atoms with Crippen molar-refractivity contribution in [2.24, 2.45) is 0 Å². The number of nitrogens with zero attached hydrogens (tertiary/aromatic N) is 3. The van der Waals surface area contributed by atoms with E-state index in [-0.39, 0.29) is 6.61 Å². The van der Waals surface area contributed by atoms with E-state index in [9.17, 15) is 5.11 Å². The Balaban J connectivity index is 1.65. The maximum absolute atomic E-state index is 9.38. The third-order valence-electron chi connectivity index (χ3n) is 4.23. The van der Waals surface area contributed by atoms with Crippen LogP contribution in [0.4, 0.5) is 0 Å². The zero-order valence-corrected chi connectivity index (χ0v) is 14.9. The van der Waals surface area contributed by atoms with Gasteiger partial charge in [-0.05, 0) is 25.5 Å². The van der Waals surface area contributed by atoms with Crippen LogP contribution in [0.15, 0.2) is 53.2 Å². The topological polar surface area (TPSA) is 54.4 Å². The Morgan fingerprint density at radius 1 is 1.12 bits per heavy atom. The minimum Gasteiger partial charge on any atom is -0.466 e. The highest BCUT2D eigenvalue weighted by molar-refractivity contribution is 5.20. The summed E-state index contributed by atoms with van der Waals surface area (Å²) < 4.78 is 7.56. The number of hydrogen-bond donors (Lipinski definition) is 1. The normalized spacial score (nSPS) is 11.4. The molecule has 0 aliphatic carbocycles. The van der Waals surface area contributed by atoms with Gasteiger partial charge in [-0.1, -0.05) is 30.3 Å². The van der Waals surface area contributed by atoms with E-state index in [1.54, 1.807) is 0 Å². The molecule has 0 atom stereocenters. The fourth-order valence-corrected chi connectivity index (χ4v) is 3.04. The Morgan fingerprint density at radius 2 is 1.92 bits per heavy atom. The molecule has 0 aliphatic heterocycles. The quantitative estimate of drug-likeness (QED) is 0.685. The minimum atomic E-state index is 0.133. The van der Waals surface area contributed by atoms with E-state index in [1.807, 2.05) is 42.9 Å². The lowest BCUT2D eigenvalue weighted by Gasteiger charge is -2.20. The number of hydrogen-bond acceptors (Lipinski definition) is 4. The summed E-state index contributed by atoms with van der Waals surface area (Å²) in [4.78, 5) is 2.21. The van der Waals surface area contributed by atoms with Crippen molar-refractivity contribution in [3.05, 3.63) is 77.0 Å². The first kappa shape index (κ1) is 17.5. The fraction of sp³-hybridized carbons (Fsp3) is 0.350. The van der Waals surface area contributed by atoms with Gasteiger partial charge in [-0.15, -0.1) is 0 Å². The van der Waals surface area contributed by atoms with Gasteiger partial charge in [-0.3, -0.25) is 9.58 Å². The molecule has 2 aromatic heterocycles. The van der Waals surface area contributed by atoms with Crippen molar-refractivity contribution >= 4 is 0 Å². The maximum atomic E-state index is 9.38. The van der Waals surface area contributed by atoms with Crippen molar-refractivity contribution in [1.82, 2.24) is 14.7 Å². The van der Waals surface area contributed by atoms with Gasteiger partial charge >= 0.3 is 0 Å². The highest BCUT2D eigenvalue weighted by Crippen LogP contribution is 2.17. The van der Waals surface area contributed by atoms with Crippen molar-refractivity contribution in [3.8, 4) is 0 Å². The molecule has 0 bridgehead atoms. The van der Waals surface area contributed by atoms with E-state index in [1.165, 1.54) is 11.1 Å².